The summed E-state index contributed by atoms with van der Waals surface area (Å²) in [6, 6.07) is 17.8. The largest absolute Gasteiger partial charge is 0.461 e. The van der Waals surface area contributed by atoms with E-state index in [1.807, 2.05) is 30.3 Å². The third kappa shape index (κ3) is 3.42. The van der Waals surface area contributed by atoms with Gasteiger partial charge in [0, 0.05) is 34.0 Å². The standard InChI is InChI=1S/C22H20N6O2S/c1-2-27-17-7-4-3-6-15(17)16-12-14(9-10-18(16)27)24-20(29)13-31-22-26-25-21(28(22)23)19-8-5-11-30-19/h3-12H,2,13,23H2,1H3,(H,24,29). The van der Waals surface area contributed by atoms with Gasteiger partial charge < -0.3 is 20.1 Å². The number of benzene rings is 2. The van der Waals surface area contributed by atoms with Crippen LogP contribution >= 0.6 is 11.8 Å². The lowest BCUT2D eigenvalue weighted by atomic mass is 10.1. The van der Waals surface area contributed by atoms with Gasteiger partial charge in [0.2, 0.25) is 16.9 Å². The van der Waals surface area contributed by atoms with Crippen LogP contribution in [0.15, 0.2) is 70.4 Å². The van der Waals surface area contributed by atoms with Gasteiger partial charge >= 0.3 is 0 Å². The predicted octanol–water partition coefficient (Wildman–Crippen LogP) is 4.11. The maximum Gasteiger partial charge on any atom is 0.234 e. The molecule has 2 aromatic carbocycles. The summed E-state index contributed by atoms with van der Waals surface area (Å²) in [4.78, 5) is 12.5. The molecule has 0 spiro atoms. The summed E-state index contributed by atoms with van der Waals surface area (Å²) < 4.78 is 8.90. The number of nitrogens with zero attached hydrogens (tertiary/aromatic N) is 4. The van der Waals surface area contributed by atoms with Crippen molar-refractivity contribution in [1.82, 2.24) is 19.4 Å². The Labute approximate surface area is 182 Å². The number of para-hydroxylation sites is 1. The topological polar surface area (TPSA) is 104 Å². The molecular weight excluding hydrogens is 412 g/mol. The number of aryl methyl sites for hydroxylation is 1. The Morgan fingerprint density at radius 3 is 2.74 bits per heavy atom. The molecule has 1 amide bonds. The molecule has 9 heteroatoms. The van der Waals surface area contributed by atoms with Crippen molar-refractivity contribution in [3.63, 3.8) is 0 Å². The van der Waals surface area contributed by atoms with Crippen molar-refractivity contribution in [3.05, 3.63) is 60.9 Å². The number of nitrogens with two attached hydrogens (primary N) is 1. The van der Waals surface area contributed by atoms with Crippen LogP contribution in [0.5, 0.6) is 0 Å². The van der Waals surface area contributed by atoms with Crippen LogP contribution < -0.4 is 11.2 Å². The number of nitrogens with one attached hydrogen (secondary N) is 1. The molecule has 0 atom stereocenters. The van der Waals surface area contributed by atoms with Crippen LogP contribution in [0, 0.1) is 0 Å². The molecule has 0 aliphatic rings. The summed E-state index contributed by atoms with van der Waals surface area (Å²) in [5, 5.41) is 13.8. The third-order valence-electron chi connectivity index (χ3n) is 5.11. The van der Waals surface area contributed by atoms with Gasteiger partial charge in [-0.15, -0.1) is 10.2 Å². The minimum atomic E-state index is -0.147. The second-order valence-electron chi connectivity index (χ2n) is 6.98. The lowest BCUT2D eigenvalue weighted by Gasteiger charge is -2.07. The lowest BCUT2D eigenvalue weighted by Crippen LogP contribution is -2.16. The van der Waals surface area contributed by atoms with Crippen LogP contribution in [0.2, 0.25) is 0 Å². The van der Waals surface area contributed by atoms with Gasteiger partial charge in [0.25, 0.3) is 0 Å². The molecule has 0 saturated heterocycles. The molecule has 5 aromatic rings. The number of amides is 1. The van der Waals surface area contributed by atoms with Crippen molar-refractivity contribution in [2.75, 3.05) is 16.9 Å². The molecule has 5 rings (SSSR count). The van der Waals surface area contributed by atoms with E-state index in [-0.39, 0.29) is 11.7 Å². The number of anilines is 1. The monoisotopic (exact) mass is 432 g/mol. The number of carbonyl (C=O) groups is 1. The van der Waals surface area contributed by atoms with E-state index < -0.39 is 0 Å². The van der Waals surface area contributed by atoms with Crippen molar-refractivity contribution in [2.45, 2.75) is 18.6 Å². The molecule has 0 unspecified atom stereocenters. The summed E-state index contributed by atoms with van der Waals surface area (Å²) in [6.07, 6.45) is 1.54. The van der Waals surface area contributed by atoms with E-state index in [2.05, 4.69) is 39.1 Å². The Balaban J connectivity index is 1.32. The molecule has 0 bridgehead atoms. The van der Waals surface area contributed by atoms with Crippen LogP contribution in [-0.4, -0.2) is 31.1 Å². The maximum atomic E-state index is 12.5. The zero-order valence-electron chi connectivity index (χ0n) is 16.8. The number of carbonyl (C=O) groups excluding carboxylic acids is 1. The highest BCUT2D eigenvalue weighted by Crippen LogP contribution is 2.31. The number of hydrogen-bond acceptors (Lipinski definition) is 6. The minimum Gasteiger partial charge on any atom is -0.461 e. The summed E-state index contributed by atoms with van der Waals surface area (Å²) in [5.74, 6) is 6.98. The number of nitrogen functional groups attached to an aromatic ring is 1. The normalized spacial score (nSPS) is 11.4. The van der Waals surface area contributed by atoms with Gasteiger partial charge in [-0.1, -0.05) is 30.0 Å². The van der Waals surface area contributed by atoms with E-state index in [1.165, 1.54) is 27.3 Å². The minimum absolute atomic E-state index is 0.147. The second-order valence-corrected chi connectivity index (χ2v) is 7.93. The van der Waals surface area contributed by atoms with Crippen molar-refractivity contribution in [1.29, 1.82) is 0 Å². The van der Waals surface area contributed by atoms with Crippen LogP contribution in [0.4, 0.5) is 5.69 Å². The lowest BCUT2D eigenvalue weighted by molar-refractivity contribution is -0.113. The Kier molecular flexibility index (Phi) is 4.87. The van der Waals surface area contributed by atoms with Crippen LogP contribution in [0.3, 0.4) is 0 Å². The average Bonchev–Trinajstić information content (AvgIpc) is 3.50. The fourth-order valence-corrected chi connectivity index (χ4v) is 4.41. The van der Waals surface area contributed by atoms with Gasteiger partial charge in [0.15, 0.2) is 5.76 Å². The first-order chi connectivity index (χ1) is 15.2. The van der Waals surface area contributed by atoms with E-state index >= 15 is 0 Å². The first-order valence-corrected chi connectivity index (χ1v) is 10.8. The third-order valence-corrected chi connectivity index (χ3v) is 6.05. The van der Waals surface area contributed by atoms with Gasteiger partial charge in [-0.3, -0.25) is 4.79 Å². The van der Waals surface area contributed by atoms with Crippen LogP contribution in [0.1, 0.15) is 6.92 Å². The summed E-state index contributed by atoms with van der Waals surface area (Å²) >= 11 is 1.21. The summed E-state index contributed by atoms with van der Waals surface area (Å²) in [7, 11) is 0. The zero-order valence-corrected chi connectivity index (χ0v) is 17.6. The molecule has 0 aliphatic carbocycles. The molecule has 156 valence electrons. The molecular formula is C22H20N6O2S. The SMILES string of the molecule is CCn1c2ccccc2c2cc(NC(=O)CSc3nnc(-c4ccco4)n3N)ccc21. The molecule has 3 N–H and O–H groups in total. The van der Waals surface area contributed by atoms with E-state index in [9.17, 15) is 4.79 Å². The fourth-order valence-electron chi connectivity index (χ4n) is 3.75. The fraction of sp³-hybridized carbons (Fsp3) is 0.136. The molecule has 3 heterocycles. The Hall–Kier alpha value is -3.72. The quantitative estimate of drug-likeness (QED) is 0.309. The molecule has 0 fully saturated rings. The van der Waals surface area contributed by atoms with E-state index in [4.69, 9.17) is 10.3 Å². The number of furan rings is 1. The number of aromatic nitrogens is 4. The van der Waals surface area contributed by atoms with Gasteiger partial charge in [-0.25, -0.2) is 4.68 Å². The Bertz CT molecular complexity index is 1390. The highest BCUT2D eigenvalue weighted by atomic mass is 32.2. The van der Waals surface area contributed by atoms with Gasteiger partial charge in [-0.2, -0.15) is 0 Å². The Morgan fingerprint density at radius 1 is 1.10 bits per heavy atom. The molecule has 0 radical (unpaired) electrons. The van der Waals surface area contributed by atoms with Crippen molar-refractivity contribution in [3.8, 4) is 11.6 Å². The van der Waals surface area contributed by atoms with E-state index in [0.29, 0.717) is 16.7 Å². The number of rotatable bonds is 6. The van der Waals surface area contributed by atoms with Gasteiger partial charge in [0.05, 0.1) is 12.0 Å². The van der Waals surface area contributed by atoms with Crippen LogP contribution in [-0.2, 0) is 11.3 Å². The highest BCUT2D eigenvalue weighted by molar-refractivity contribution is 7.99. The zero-order chi connectivity index (χ0) is 21.4. The van der Waals surface area contributed by atoms with Gasteiger partial charge in [0.1, 0.15) is 0 Å². The van der Waals surface area contributed by atoms with Gasteiger partial charge in [-0.05, 0) is 43.3 Å². The molecule has 8 nitrogen and oxygen atoms in total. The number of fused-ring (bicyclic) bond motifs is 3. The van der Waals surface area contributed by atoms with Crippen molar-refractivity contribution < 1.29 is 9.21 Å². The van der Waals surface area contributed by atoms with Crippen LogP contribution in [0.25, 0.3) is 33.4 Å². The van der Waals surface area contributed by atoms with Crippen molar-refractivity contribution >= 4 is 45.2 Å². The molecule has 3 aromatic heterocycles. The van der Waals surface area contributed by atoms with E-state index in [0.717, 1.165) is 23.1 Å². The molecule has 0 saturated carbocycles. The second kappa shape index (κ2) is 7.84. The predicted molar refractivity (Wildman–Crippen MR) is 122 cm³/mol. The number of thioether (sulfide) groups is 1. The summed E-state index contributed by atoms with van der Waals surface area (Å²) in [5.41, 5.74) is 3.09. The first kappa shape index (κ1) is 19.3. The highest BCUT2D eigenvalue weighted by Gasteiger charge is 2.16. The first-order valence-electron chi connectivity index (χ1n) is 9.83. The number of hydrogen-bond donors (Lipinski definition) is 2. The molecule has 0 aliphatic heterocycles. The summed E-state index contributed by atoms with van der Waals surface area (Å²) in [6.45, 7) is 3.01. The maximum absolute atomic E-state index is 12.5. The van der Waals surface area contributed by atoms with Crippen molar-refractivity contribution in [2.24, 2.45) is 0 Å². The molecule has 31 heavy (non-hydrogen) atoms. The van der Waals surface area contributed by atoms with E-state index in [1.54, 1.807) is 18.4 Å². The smallest absolute Gasteiger partial charge is 0.234 e. The Morgan fingerprint density at radius 2 is 1.94 bits per heavy atom. The average molecular weight is 433 g/mol.